The van der Waals surface area contributed by atoms with Crippen molar-refractivity contribution in [3.05, 3.63) is 78.4 Å². The summed E-state index contributed by atoms with van der Waals surface area (Å²) >= 11 is 0. The second kappa shape index (κ2) is 7.40. The Balaban J connectivity index is 1.99. The van der Waals surface area contributed by atoms with E-state index in [9.17, 15) is 10.2 Å². The van der Waals surface area contributed by atoms with Crippen molar-refractivity contribution in [3.8, 4) is 17.2 Å². The predicted molar refractivity (Wildman–Crippen MR) is 98.9 cm³/mol. The van der Waals surface area contributed by atoms with Crippen molar-refractivity contribution < 1.29 is 14.9 Å². The molecule has 3 aromatic carbocycles. The fourth-order valence-corrected chi connectivity index (χ4v) is 2.39. The Bertz CT molecular complexity index is 825. The van der Waals surface area contributed by atoms with Crippen LogP contribution in [0.1, 0.15) is 5.56 Å². The summed E-state index contributed by atoms with van der Waals surface area (Å²) in [7, 11) is 1.43. The minimum Gasteiger partial charge on any atom is -0.504 e. The number of phenolic OH excluding ortho intramolecular Hbond substituents is 2. The van der Waals surface area contributed by atoms with E-state index >= 15 is 0 Å². The van der Waals surface area contributed by atoms with Gasteiger partial charge in [0.2, 0.25) is 5.75 Å². The minimum absolute atomic E-state index is 0.187. The highest BCUT2D eigenvalue weighted by Crippen LogP contribution is 2.36. The van der Waals surface area contributed by atoms with Crippen LogP contribution in [0.3, 0.4) is 0 Å². The highest BCUT2D eigenvalue weighted by Gasteiger charge is 2.10. The van der Waals surface area contributed by atoms with Crippen molar-refractivity contribution in [2.24, 2.45) is 5.10 Å². The van der Waals surface area contributed by atoms with E-state index in [1.54, 1.807) is 17.3 Å². The van der Waals surface area contributed by atoms with Crippen LogP contribution >= 0.6 is 0 Å². The molecule has 2 N–H and O–H groups in total. The van der Waals surface area contributed by atoms with Crippen molar-refractivity contribution in [1.29, 1.82) is 0 Å². The number of benzene rings is 3. The van der Waals surface area contributed by atoms with Crippen LogP contribution in [-0.4, -0.2) is 23.5 Å². The third-order valence-corrected chi connectivity index (χ3v) is 3.62. The molecule has 25 heavy (non-hydrogen) atoms. The van der Waals surface area contributed by atoms with Crippen molar-refractivity contribution in [2.75, 3.05) is 12.1 Å². The number of anilines is 2. The summed E-state index contributed by atoms with van der Waals surface area (Å²) in [6, 6.07) is 22.5. The lowest BCUT2D eigenvalue weighted by atomic mass is 10.2. The molecule has 0 amide bonds. The topological polar surface area (TPSA) is 65.3 Å². The zero-order valence-corrected chi connectivity index (χ0v) is 13.7. The summed E-state index contributed by atoms with van der Waals surface area (Å²) in [4.78, 5) is 0. The van der Waals surface area contributed by atoms with Gasteiger partial charge in [-0.3, -0.25) is 0 Å². The average Bonchev–Trinajstić information content (AvgIpc) is 2.66. The van der Waals surface area contributed by atoms with Gasteiger partial charge in [0.05, 0.1) is 24.7 Å². The van der Waals surface area contributed by atoms with Crippen molar-refractivity contribution in [2.45, 2.75) is 0 Å². The molecule has 3 rings (SSSR count). The molecule has 0 aliphatic rings. The van der Waals surface area contributed by atoms with Gasteiger partial charge in [-0.2, -0.15) is 5.10 Å². The fraction of sp³-hybridized carbons (Fsp3) is 0.0500. The monoisotopic (exact) mass is 334 g/mol. The maximum absolute atomic E-state index is 9.81. The third kappa shape index (κ3) is 3.72. The molecule has 0 bridgehead atoms. The van der Waals surface area contributed by atoms with E-state index in [2.05, 4.69) is 5.10 Å². The molecular weight excluding hydrogens is 316 g/mol. The Morgan fingerprint density at radius 1 is 0.880 bits per heavy atom. The highest BCUT2D eigenvalue weighted by atomic mass is 16.5. The van der Waals surface area contributed by atoms with E-state index in [1.165, 1.54) is 13.2 Å². The molecule has 0 atom stereocenters. The number of rotatable bonds is 5. The first kappa shape index (κ1) is 16.4. The average molecular weight is 334 g/mol. The first-order valence-corrected chi connectivity index (χ1v) is 7.73. The zero-order chi connectivity index (χ0) is 17.6. The maximum Gasteiger partial charge on any atom is 0.200 e. The SMILES string of the molecule is COc1cc(/C=N/N(c2ccccc2)c2ccccc2)cc(O)c1O. The van der Waals surface area contributed by atoms with Gasteiger partial charge in [-0.1, -0.05) is 36.4 Å². The smallest absolute Gasteiger partial charge is 0.200 e. The number of aromatic hydroxyl groups is 2. The van der Waals surface area contributed by atoms with Crippen molar-refractivity contribution >= 4 is 17.6 Å². The molecular formula is C20H18N2O3. The molecule has 0 heterocycles. The Hall–Kier alpha value is -3.47. The summed E-state index contributed by atoms with van der Waals surface area (Å²) < 4.78 is 5.06. The molecule has 0 spiro atoms. The van der Waals surface area contributed by atoms with Crippen LogP contribution in [-0.2, 0) is 0 Å². The van der Waals surface area contributed by atoms with Crippen molar-refractivity contribution in [1.82, 2.24) is 0 Å². The summed E-state index contributed by atoms with van der Waals surface area (Å²) in [6.07, 6.45) is 1.60. The van der Waals surface area contributed by atoms with Crippen LogP contribution in [0.4, 0.5) is 11.4 Å². The third-order valence-electron chi connectivity index (χ3n) is 3.62. The van der Waals surface area contributed by atoms with Gasteiger partial charge in [-0.25, -0.2) is 5.01 Å². The lowest BCUT2D eigenvalue weighted by molar-refractivity contribution is 0.351. The van der Waals surface area contributed by atoms with Gasteiger partial charge in [0.25, 0.3) is 0 Å². The molecule has 0 aliphatic carbocycles. The molecule has 5 heteroatoms. The van der Waals surface area contributed by atoms with Crippen LogP contribution < -0.4 is 9.75 Å². The maximum atomic E-state index is 9.81. The van der Waals surface area contributed by atoms with Gasteiger partial charge in [0, 0.05) is 5.56 Å². The number of hydrazone groups is 1. The number of methoxy groups -OCH3 is 1. The Labute approximate surface area is 146 Å². The Morgan fingerprint density at radius 2 is 1.44 bits per heavy atom. The number of ether oxygens (including phenoxy) is 1. The Kier molecular flexibility index (Phi) is 4.85. The molecule has 126 valence electrons. The van der Waals surface area contributed by atoms with Gasteiger partial charge in [0.1, 0.15) is 0 Å². The number of hydrogen-bond donors (Lipinski definition) is 2. The van der Waals surface area contributed by atoms with Gasteiger partial charge in [0.15, 0.2) is 11.5 Å². The summed E-state index contributed by atoms with van der Waals surface area (Å²) in [5, 5.41) is 25.9. The van der Waals surface area contributed by atoms with Crippen LogP contribution in [0, 0.1) is 0 Å². The molecule has 0 unspecified atom stereocenters. The summed E-state index contributed by atoms with van der Waals surface area (Å²) in [5.74, 6) is -0.359. The molecule has 0 fully saturated rings. The van der Waals surface area contributed by atoms with E-state index in [-0.39, 0.29) is 17.2 Å². The standard InChI is InChI=1S/C20H18N2O3/c1-25-19-13-15(12-18(23)20(19)24)14-21-22(16-8-4-2-5-9-16)17-10-6-3-7-11-17/h2-14,23-24H,1H3/b21-14+. The predicted octanol–water partition coefficient (Wildman–Crippen LogP) is 4.28. The second-order valence-electron chi connectivity index (χ2n) is 5.32. The largest absolute Gasteiger partial charge is 0.504 e. The van der Waals surface area contributed by atoms with E-state index < -0.39 is 0 Å². The summed E-state index contributed by atoms with van der Waals surface area (Å²) in [5.41, 5.74) is 2.41. The lowest BCUT2D eigenvalue weighted by Crippen LogP contribution is -2.09. The van der Waals surface area contributed by atoms with Crippen molar-refractivity contribution in [3.63, 3.8) is 0 Å². The summed E-state index contributed by atoms with van der Waals surface area (Å²) in [6.45, 7) is 0. The molecule has 0 saturated heterocycles. The van der Waals surface area contributed by atoms with E-state index in [0.717, 1.165) is 11.4 Å². The lowest BCUT2D eigenvalue weighted by Gasteiger charge is -2.19. The van der Waals surface area contributed by atoms with E-state index in [1.807, 2.05) is 60.7 Å². The van der Waals surface area contributed by atoms with Crippen LogP contribution in [0.5, 0.6) is 17.2 Å². The first-order valence-electron chi connectivity index (χ1n) is 7.73. The second-order valence-corrected chi connectivity index (χ2v) is 5.32. The number of phenols is 2. The fourth-order valence-electron chi connectivity index (χ4n) is 2.39. The van der Waals surface area contributed by atoms with Crippen LogP contribution in [0.25, 0.3) is 0 Å². The Morgan fingerprint density at radius 3 is 1.96 bits per heavy atom. The first-order chi connectivity index (χ1) is 12.2. The highest BCUT2D eigenvalue weighted by molar-refractivity contribution is 5.84. The molecule has 5 nitrogen and oxygen atoms in total. The molecule has 0 aromatic heterocycles. The molecule has 3 aromatic rings. The number of nitrogens with zero attached hydrogens (tertiary/aromatic N) is 2. The number of hydrogen-bond acceptors (Lipinski definition) is 5. The zero-order valence-electron chi connectivity index (χ0n) is 13.7. The minimum atomic E-state index is -0.289. The van der Waals surface area contributed by atoms with E-state index in [4.69, 9.17) is 4.74 Å². The molecule has 0 radical (unpaired) electrons. The van der Waals surface area contributed by atoms with Gasteiger partial charge in [-0.05, 0) is 36.4 Å². The molecule has 0 aliphatic heterocycles. The molecule has 0 saturated carbocycles. The van der Waals surface area contributed by atoms with Crippen LogP contribution in [0.15, 0.2) is 77.9 Å². The van der Waals surface area contributed by atoms with Gasteiger partial charge >= 0.3 is 0 Å². The quantitative estimate of drug-likeness (QED) is 0.415. The van der Waals surface area contributed by atoms with Gasteiger partial charge < -0.3 is 14.9 Å². The normalized spacial score (nSPS) is 10.8. The van der Waals surface area contributed by atoms with Gasteiger partial charge in [-0.15, -0.1) is 0 Å². The van der Waals surface area contributed by atoms with E-state index in [0.29, 0.717) is 5.56 Å². The number of para-hydroxylation sites is 2. The van der Waals surface area contributed by atoms with Crippen LogP contribution in [0.2, 0.25) is 0 Å².